The second-order valence-corrected chi connectivity index (χ2v) is 7.33. The molecule has 2 aromatic carbocycles. The minimum atomic E-state index is -0.279. The molecule has 1 heterocycles. The Bertz CT molecular complexity index is 788. The van der Waals surface area contributed by atoms with E-state index in [0.717, 1.165) is 16.8 Å². The standard InChI is InChI=1S/C22H25FN2O2/c1-16(2)12-22(26)25(14-17-8-10-19(23)11-9-17)15-20-13-21(24-27-20)18-6-4-3-5-7-18/h3-11,16,20H,12-15H2,1-2H3/t20-/m1/s1. The summed E-state index contributed by atoms with van der Waals surface area (Å²) in [5.74, 6) is 0.0683. The van der Waals surface area contributed by atoms with Crippen molar-refractivity contribution in [1.29, 1.82) is 0 Å². The van der Waals surface area contributed by atoms with E-state index in [-0.39, 0.29) is 23.7 Å². The van der Waals surface area contributed by atoms with Crippen molar-refractivity contribution in [3.8, 4) is 0 Å². The highest BCUT2D eigenvalue weighted by molar-refractivity contribution is 6.01. The van der Waals surface area contributed by atoms with Crippen LogP contribution in [0.1, 0.15) is 37.8 Å². The smallest absolute Gasteiger partial charge is 0.223 e. The molecule has 0 radical (unpaired) electrons. The van der Waals surface area contributed by atoms with E-state index in [0.29, 0.717) is 25.9 Å². The largest absolute Gasteiger partial charge is 0.390 e. The third-order valence-electron chi connectivity index (χ3n) is 4.49. The molecule has 0 aromatic heterocycles. The summed E-state index contributed by atoms with van der Waals surface area (Å²) in [5.41, 5.74) is 2.84. The zero-order chi connectivity index (χ0) is 19.2. The fourth-order valence-corrected chi connectivity index (χ4v) is 3.12. The Morgan fingerprint density at radius 3 is 2.56 bits per heavy atom. The molecular weight excluding hydrogens is 343 g/mol. The number of hydrogen-bond acceptors (Lipinski definition) is 3. The third kappa shape index (κ3) is 5.39. The Balaban J connectivity index is 1.66. The SMILES string of the molecule is CC(C)CC(=O)N(Cc1ccc(F)cc1)C[C@H]1CC(c2ccccc2)=NO1. The minimum absolute atomic E-state index is 0.0751. The second kappa shape index (κ2) is 8.80. The number of oxime groups is 1. The van der Waals surface area contributed by atoms with Crippen molar-refractivity contribution in [2.24, 2.45) is 11.1 Å². The number of hydrogen-bond donors (Lipinski definition) is 0. The monoisotopic (exact) mass is 368 g/mol. The van der Waals surface area contributed by atoms with Crippen molar-refractivity contribution in [3.05, 3.63) is 71.5 Å². The molecule has 2 aromatic rings. The first-order valence-corrected chi connectivity index (χ1v) is 9.31. The van der Waals surface area contributed by atoms with Gasteiger partial charge in [-0.1, -0.05) is 61.5 Å². The molecule has 1 amide bonds. The van der Waals surface area contributed by atoms with Gasteiger partial charge in [0.1, 0.15) is 5.82 Å². The summed E-state index contributed by atoms with van der Waals surface area (Å²) < 4.78 is 13.2. The summed E-state index contributed by atoms with van der Waals surface area (Å²) in [5, 5.41) is 4.21. The van der Waals surface area contributed by atoms with Gasteiger partial charge in [0.05, 0.1) is 12.3 Å². The fourth-order valence-electron chi connectivity index (χ4n) is 3.12. The Labute approximate surface area is 159 Å². The zero-order valence-corrected chi connectivity index (χ0v) is 15.8. The van der Waals surface area contributed by atoms with Crippen LogP contribution in [0.4, 0.5) is 4.39 Å². The molecule has 0 fully saturated rings. The minimum Gasteiger partial charge on any atom is -0.390 e. The van der Waals surface area contributed by atoms with Gasteiger partial charge in [0.25, 0.3) is 0 Å². The van der Waals surface area contributed by atoms with Crippen LogP contribution in [0.3, 0.4) is 0 Å². The third-order valence-corrected chi connectivity index (χ3v) is 4.49. The molecule has 0 saturated carbocycles. The van der Waals surface area contributed by atoms with Crippen molar-refractivity contribution >= 4 is 11.6 Å². The van der Waals surface area contributed by atoms with Crippen molar-refractivity contribution in [2.45, 2.75) is 39.3 Å². The van der Waals surface area contributed by atoms with Gasteiger partial charge in [-0.25, -0.2) is 4.39 Å². The predicted molar refractivity (Wildman–Crippen MR) is 104 cm³/mol. The van der Waals surface area contributed by atoms with E-state index < -0.39 is 0 Å². The number of benzene rings is 2. The average Bonchev–Trinajstić information content (AvgIpc) is 3.12. The lowest BCUT2D eigenvalue weighted by Crippen LogP contribution is -2.37. The van der Waals surface area contributed by atoms with E-state index in [9.17, 15) is 9.18 Å². The van der Waals surface area contributed by atoms with E-state index in [1.54, 1.807) is 17.0 Å². The van der Waals surface area contributed by atoms with Crippen LogP contribution in [0.2, 0.25) is 0 Å². The molecule has 27 heavy (non-hydrogen) atoms. The Kier molecular flexibility index (Phi) is 6.22. The van der Waals surface area contributed by atoms with Gasteiger partial charge in [-0.05, 0) is 29.2 Å². The molecule has 0 spiro atoms. The zero-order valence-electron chi connectivity index (χ0n) is 15.8. The van der Waals surface area contributed by atoms with Crippen LogP contribution >= 0.6 is 0 Å². The normalized spacial score (nSPS) is 16.1. The average molecular weight is 368 g/mol. The first-order valence-electron chi connectivity index (χ1n) is 9.31. The molecular formula is C22H25FN2O2. The molecule has 1 aliphatic rings. The summed E-state index contributed by atoms with van der Waals surface area (Å²) in [7, 11) is 0. The molecule has 0 bridgehead atoms. The molecule has 0 N–H and O–H groups in total. The molecule has 3 rings (SSSR count). The highest BCUT2D eigenvalue weighted by Crippen LogP contribution is 2.19. The van der Waals surface area contributed by atoms with Gasteiger partial charge < -0.3 is 9.74 Å². The van der Waals surface area contributed by atoms with Gasteiger partial charge in [-0.2, -0.15) is 0 Å². The lowest BCUT2D eigenvalue weighted by molar-refractivity contribution is -0.134. The Morgan fingerprint density at radius 1 is 1.19 bits per heavy atom. The number of nitrogens with zero attached hydrogens (tertiary/aromatic N) is 2. The Morgan fingerprint density at radius 2 is 1.89 bits per heavy atom. The maximum atomic E-state index is 13.2. The summed E-state index contributed by atoms with van der Waals surface area (Å²) in [6.45, 7) is 4.95. The van der Waals surface area contributed by atoms with Crippen LogP contribution in [0.5, 0.6) is 0 Å². The topological polar surface area (TPSA) is 41.9 Å². The molecule has 1 aliphatic heterocycles. The van der Waals surface area contributed by atoms with Crippen molar-refractivity contribution in [2.75, 3.05) is 6.54 Å². The van der Waals surface area contributed by atoms with Gasteiger partial charge in [0.15, 0.2) is 6.10 Å². The maximum Gasteiger partial charge on any atom is 0.223 e. The number of carbonyl (C=O) groups is 1. The quantitative estimate of drug-likeness (QED) is 0.727. The maximum absolute atomic E-state index is 13.2. The van der Waals surface area contributed by atoms with Crippen LogP contribution in [0.15, 0.2) is 59.8 Å². The Hall–Kier alpha value is -2.69. The van der Waals surface area contributed by atoms with E-state index in [4.69, 9.17) is 4.84 Å². The molecule has 1 atom stereocenters. The van der Waals surface area contributed by atoms with E-state index in [1.807, 2.05) is 44.2 Å². The summed E-state index contributed by atoms with van der Waals surface area (Å²) in [6.07, 6.45) is 0.968. The van der Waals surface area contributed by atoms with Crippen molar-refractivity contribution < 1.29 is 14.0 Å². The van der Waals surface area contributed by atoms with Gasteiger partial charge in [0.2, 0.25) is 5.91 Å². The van der Waals surface area contributed by atoms with Gasteiger partial charge in [0, 0.05) is 19.4 Å². The lowest BCUT2D eigenvalue weighted by Gasteiger charge is -2.26. The van der Waals surface area contributed by atoms with Gasteiger partial charge in [-0.15, -0.1) is 0 Å². The highest BCUT2D eigenvalue weighted by atomic mass is 19.1. The summed E-state index contributed by atoms with van der Waals surface area (Å²) in [6, 6.07) is 16.2. The second-order valence-electron chi connectivity index (χ2n) is 7.33. The first-order chi connectivity index (χ1) is 13.0. The molecule has 4 nitrogen and oxygen atoms in total. The van der Waals surface area contributed by atoms with Gasteiger partial charge >= 0.3 is 0 Å². The molecule has 0 aliphatic carbocycles. The molecule has 5 heteroatoms. The highest BCUT2D eigenvalue weighted by Gasteiger charge is 2.27. The fraction of sp³-hybridized carbons (Fsp3) is 0.364. The number of rotatable bonds is 7. The molecule has 142 valence electrons. The van der Waals surface area contributed by atoms with Gasteiger partial charge in [-0.3, -0.25) is 4.79 Å². The van der Waals surface area contributed by atoms with Crippen molar-refractivity contribution in [3.63, 3.8) is 0 Å². The van der Waals surface area contributed by atoms with Crippen LogP contribution in [-0.4, -0.2) is 29.2 Å². The predicted octanol–water partition coefficient (Wildman–Crippen LogP) is 4.39. The van der Waals surface area contributed by atoms with Crippen LogP contribution in [0.25, 0.3) is 0 Å². The summed E-state index contributed by atoms with van der Waals surface area (Å²) >= 11 is 0. The van der Waals surface area contributed by atoms with Crippen molar-refractivity contribution in [1.82, 2.24) is 4.90 Å². The number of halogens is 1. The molecule has 0 unspecified atom stereocenters. The molecule has 0 saturated heterocycles. The lowest BCUT2D eigenvalue weighted by atomic mass is 10.0. The van der Waals surface area contributed by atoms with Crippen LogP contribution in [-0.2, 0) is 16.2 Å². The van der Waals surface area contributed by atoms with E-state index >= 15 is 0 Å². The van der Waals surface area contributed by atoms with Crippen LogP contribution in [0, 0.1) is 11.7 Å². The van der Waals surface area contributed by atoms with E-state index in [1.165, 1.54) is 12.1 Å². The number of amides is 1. The first kappa shape index (κ1) is 19.1. The van der Waals surface area contributed by atoms with Crippen LogP contribution < -0.4 is 0 Å². The number of carbonyl (C=O) groups excluding carboxylic acids is 1. The van der Waals surface area contributed by atoms with E-state index in [2.05, 4.69) is 5.16 Å². The summed E-state index contributed by atoms with van der Waals surface area (Å²) in [4.78, 5) is 20.1.